The number of thiophene rings is 1. The largest absolute Gasteiger partial charge is 0.208 e. The molecule has 0 bridgehead atoms. The summed E-state index contributed by atoms with van der Waals surface area (Å²) in [7, 11) is 0. The van der Waals surface area contributed by atoms with Gasteiger partial charge in [-0.25, -0.2) is 15.0 Å². The number of hydrogen-bond acceptors (Lipinski definition) is 4. The summed E-state index contributed by atoms with van der Waals surface area (Å²) < 4.78 is 2.68. The predicted octanol–water partition coefficient (Wildman–Crippen LogP) is 11.7. The van der Waals surface area contributed by atoms with Gasteiger partial charge in [0.2, 0.25) is 0 Å². The number of allylic oxidation sites excluding steroid dienone is 4. The van der Waals surface area contributed by atoms with Crippen molar-refractivity contribution in [1.82, 2.24) is 15.0 Å². The number of fused-ring (bicyclic) bond motifs is 3. The van der Waals surface area contributed by atoms with E-state index in [9.17, 15) is 0 Å². The smallest absolute Gasteiger partial charge is 0.164 e. The van der Waals surface area contributed by atoms with Gasteiger partial charge in [0.25, 0.3) is 0 Å². The van der Waals surface area contributed by atoms with E-state index in [0.717, 1.165) is 16.7 Å². The Kier molecular flexibility index (Phi) is 6.09. The minimum absolute atomic E-state index is 0.158. The molecule has 2 aliphatic carbocycles. The van der Waals surface area contributed by atoms with E-state index in [4.69, 9.17) is 15.0 Å². The van der Waals surface area contributed by atoms with Crippen LogP contribution in [0.15, 0.2) is 146 Å². The van der Waals surface area contributed by atoms with Crippen molar-refractivity contribution in [2.24, 2.45) is 5.92 Å². The molecule has 3 nitrogen and oxygen atoms in total. The van der Waals surface area contributed by atoms with Crippen LogP contribution in [-0.2, 0) is 0 Å². The summed E-state index contributed by atoms with van der Waals surface area (Å²) in [6, 6.07) is 45.6. The molecule has 0 amide bonds. The van der Waals surface area contributed by atoms with E-state index in [1.165, 1.54) is 58.8 Å². The molecular formula is C44H29N3S. The van der Waals surface area contributed by atoms with E-state index in [0.29, 0.717) is 23.4 Å². The maximum atomic E-state index is 5.05. The van der Waals surface area contributed by atoms with Gasteiger partial charge in [-0.15, -0.1) is 11.3 Å². The standard InChI is InChI=1S/C44H29N3S/c1-26-19-20-30(44-46-42(28-11-4-2-5-12-28)45-43(47-44)29-13-6-3-7-14-29)23-35(26)31-24-36-33-17-9-8-16-32(33)34-18-10-15-27-21-22-37-41(39(27)34)40(36)38(25-31)48-37/h2-26,35H,1H3. The highest BCUT2D eigenvalue weighted by molar-refractivity contribution is 7.26. The number of rotatable bonds is 4. The molecule has 0 saturated heterocycles. The summed E-state index contributed by atoms with van der Waals surface area (Å²) in [6.07, 6.45) is 6.88. The molecule has 2 heterocycles. The molecule has 2 atom stereocenters. The highest BCUT2D eigenvalue weighted by atomic mass is 32.1. The number of nitrogens with zero attached hydrogens (tertiary/aromatic N) is 3. The lowest BCUT2D eigenvalue weighted by atomic mass is 9.80. The van der Waals surface area contributed by atoms with Crippen LogP contribution in [0.4, 0.5) is 0 Å². The molecule has 4 heteroatoms. The maximum Gasteiger partial charge on any atom is 0.164 e. The normalized spacial score (nSPS) is 16.5. The van der Waals surface area contributed by atoms with Gasteiger partial charge in [-0.3, -0.25) is 0 Å². The van der Waals surface area contributed by atoms with Gasteiger partial charge < -0.3 is 0 Å². The van der Waals surface area contributed by atoms with Crippen molar-refractivity contribution in [2.45, 2.75) is 12.8 Å². The lowest BCUT2D eigenvalue weighted by Gasteiger charge is -2.24. The molecule has 2 aliphatic rings. The molecular weight excluding hydrogens is 603 g/mol. The van der Waals surface area contributed by atoms with Crippen LogP contribution in [-0.4, -0.2) is 15.0 Å². The lowest BCUT2D eigenvalue weighted by Crippen LogP contribution is -2.11. The van der Waals surface area contributed by atoms with Gasteiger partial charge in [0.05, 0.1) is 0 Å². The summed E-state index contributed by atoms with van der Waals surface area (Å²) in [5.74, 6) is 2.52. The summed E-state index contributed by atoms with van der Waals surface area (Å²) in [5, 5.41) is 5.44. The lowest BCUT2D eigenvalue weighted by molar-refractivity contribution is 0.637. The van der Waals surface area contributed by atoms with Gasteiger partial charge in [-0.2, -0.15) is 0 Å². The molecule has 0 aliphatic heterocycles. The summed E-state index contributed by atoms with van der Waals surface area (Å²) in [6.45, 7) is 2.31. The van der Waals surface area contributed by atoms with Crippen LogP contribution in [0.2, 0.25) is 0 Å². The molecule has 0 fully saturated rings. The van der Waals surface area contributed by atoms with Crippen LogP contribution < -0.4 is 0 Å². The fourth-order valence-electron chi connectivity index (χ4n) is 7.63. The van der Waals surface area contributed by atoms with Gasteiger partial charge in [-0.05, 0) is 62.7 Å². The van der Waals surface area contributed by atoms with Crippen LogP contribution in [0.1, 0.15) is 24.2 Å². The van der Waals surface area contributed by atoms with Crippen LogP contribution in [0, 0.1) is 5.92 Å². The molecule has 2 unspecified atom stereocenters. The van der Waals surface area contributed by atoms with E-state index in [2.05, 4.69) is 116 Å². The van der Waals surface area contributed by atoms with Crippen molar-refractivity contribution in [2.75, 3.05) is 0 Å². The zero-order valence-electron chi connectivity index (χ0n) is 26.3. The minimum Gasteiger partial charge on any atom is -0.208 e. The van der Waals surface area contributed by atoms with Gasteiger partial charge in [-0.1, -0.05) is 134 Å². The predicted molar refractivity (Wildman–Crippen MR) is 201 cm³/mol. The van der Waals surface area contributed by atoms with Crippen LogP contribution in [0.3, 0.4) is 0 Å². The topological polar surface area (TPSA) is 38.7 Å². The second-order valence-corrected chi connectivity index (χ2v) is 13.9. The molecule has 0 saturated carbocycles. The van der Waals surface area contributed by atoms with E-state index in [-0.39, 0.29) is 5.92 Å². The fourth-order valence-corrected chi connectivity index (χ4v) is 8.82. The SMILES string of the molecule is CC1C=CC(c2nc(-c3ccccc3)nc(-c3ccccc3)n2)=CC1c1cc2c3c(c1)sc1ccc4cccc(c4c13)-c1ccccc1-2. The molecule has 0 radical (unpaired) electrons. The summed E-state index contributed by atoms with van der Waals surface area (Å²) in [4.78, 5) is 15.0. The van der Waals surface area contributed by atoms with Gasteiger partial charge in [0.1, 0.15) is 0 Å². The number of hydrogen-bond donors (Lipinski definition) is 0. The highest BCUT2D eigenvalue weighted by Gasteiger charge is 2.27. The summed E-state index contributed by atoms with van der Waals surface area (Å²) >= 11 is 1.91. The minimum atomic E-state index is 0.158. The molecule has 6 aromatic carbocycles. The molecule has 0 spiro atoms. The first kappa shape index (κ1) is 27.4. The van der Waals surface area contributed by atoms with E-state index < -0.39 is 0 Å². The third-order valence-electron chi connectivity index (χ3n) is 9.96. The van der Waals surface area contributed by atoms with Crippen LogP contribution in [0.25, 0.3) is 81.5 Å². The first-order valence-electron chi connectivity index (χ1n) is 16.5. The third-order valence-corrected chi connectivity index (χ3v) is 11.1. The van der Waals surface area contributed by atoms with Crippen molar-refractivity contribution < 1.29 is 0 Å². The molecule has 8 aromatic rings. The second kappa shape index (κ2) is 10.7. The Morgan fingerprint density at radius 2 is 1.17 bits per heavy atom. The van der Waals surface area contributed by atoms with Gasteiger partial charge in [0, 0.05) is 42.8 Å². The van der Waals surface area contributed by atoms with E-state index >= 15 is 0 Å². The fraction of sp³-hybridized carbons (Fsp3) is 0.0682. The Morgan fingerprint density at radius 3 is 1.90 bits per heavy atom. The third kappa shape index (κ3) is 4.23. The van der Waals surface area contributed by atoms with Crippen molar-refractivity contribution in [3.8, 4) is 45.0 Å². The van der Waals surface area contributed by atoms with Crippen LogP contribution in [0.5, 0.6) is 0 Å². The summed E-state index contributed by atoms with van der Waals surface area (Å²) in [5.41, 5.74) is 9.53. The monoisotopic (exact) mass is 631 g/mol. The van der Waals surface area contributed by atoms with Crippen molar-refractivity contribution in [3.63, 3.8) is 0 Å². The first-order valence-corrected chi connectivity index (χ1v) is 17.3. The van der Waals surface area contributed by atoms with Crippen molar-refractivity contribution >= 4 is 47.9 Å². The molecule has 48 heavy (non-hydrogen) atoms. The molecule has 0 N–H and O–H groups in total. The average molecular weight is 632 g/mol. The highest BCUT2D eigenvalue weighted by Crippen LogP contribution is 2.52. The van der Waals surface area contributed by atoms with Crippen LogP contribution >= 0.6 is 11.3 Å². The number of benzene rings is 6. The van der Waals surface area contributed by atoms with E-state index in [1.807, 2.05) is 47.7 Å². The quantitative estimate of drug-likeness (QED) is 0.194. The Hall–Kier alpha value is -5.71. The zero-order valence-corrected chi connectivity index (χ0v) is 27.1. The zero-order chi connectivity index (χ0) is 31.8. The Bertz CT molecular complexity index is 2580. The Labute approximate surface area is 282 Å². The Morgan fingerprint density at radius 1 is 0.521 bits per heavy atom. The number of aromatic nitrogens is 3. The Balaban J connectivity index is 1.17. The van der Waals surface area contributed by atoms with Gasteiger partial charge >= 0.3 is 0 Å². The molecule has 10 rings (SSSR count). The molecule has 226 valence electrons. The van der Waals surface area contributed by atoms with E-state index in [1.54, 1.807) is 0 Å². The maximum absolute atomic E-state index is 5.05. The first-order chi connectivity index (χ1) is 23.7. The average Bonchev–Trinajstić information content (AvgIpc) is 3.48. The van der Waals surface area contributed by atoms with Gasteiger partial charge in [0.15, 0.2) is 17.5 Å². The second-order valence-electron chi connectivity index (χ2n) is 12.8. The van der Waals surface area contributed by atoms with Crippen molar-refractivity contribution in [3.05, 3.63) is 157 Å². The van der Waals surface area contributed by atoms with Crippen molar-refractivity contribution in [1.29, 1.82) is 0 Å². The molecule has 2 aromatic heterocycles.